The van der Waals surface area contributed by atoms with Gasteiger partial charge in [-0.05, 0) is 11.6 Å². The molecule has 0 aliphatic carbocycles. The van der Waals surface area contributed by atoms with Gasteiger partial charge in [-0.2, -0.15) is 0 Å². The number of aliphatic hydroxyl groups excluding tert-OH is 1. The predicted molar refractivity (Wildman–Crippen MR) is 55.4 cm³/mol. The van der Waals surface area contributed by atoms with E-state index in [9.17, 15) is 5.11 Å². The third-order valence-corrected chi connectivity index (χ3v) is 2.49. The van der Waals surface area contributed by atoms with Crippen molar-refractivity contribution in [2.75, 3.05) is 6.54 Å². The van der Waals surface area contributed by atoms with Crippen LogP contribution in [0.15, 0.2) is 23.3 Å². The normalized spacial score (nSPS) is 11.9. The molecule has 14 heavy (non-hydrogen) atoms. The van der Waals surface area contributed by atoms with Crippen molar-refractivity contribution in [3.05, 3.63) is 44.3 Å². The molecule has 0 saturated carbocycles. The fourth-order valence-electron chi connectivity index (χ4n) is 0.990. The van der Waals surface area contributed by atoms with E-state index >= 15 is 0 Å². The van der Waals surface area contributed by atoms with Crippen LogP contribution in [0.25, 0.3) is 10.4 Å². The van der Waals surface area contributed by atoms with E-state index in [0.29, 0.717) is 10.6 Å². The van der Waals surface area contributed by atoms with Crippen molar-refractivity contribution in [3.8, 4) is 0 Å². The van der Waals surface area contributed by atoms with Crippen molar-refractivity contribution in [1.29, 1.82) is 0 Å². The van der Waals surface area contributed by atoms with Crippen molar-refractivity contribution in [1.82, 2.24) is 0 Å². The number of rotatable bonds is 3. The summed E-state index contributed by atoms with van der Waals surface area (Å²) in [5.74, 6) is 0. The molecule has 0 aromatic heterocycles. The van der Waals surface area contributed by atoms with Crippen LogP contribution < -0.4 is 0 Å². The first-order chi connectivity index (χ1) is 6.66. The Bertz CT molecular complexity index is 377. The van der Waals surface area contributed by atoms with Crippen LogP contribution in [-0.2, 0) is 0 Å². The van der Waals surface area contributed by atoms with Gasteiger partial charge < -0.3 is 5.11 Å². The average Bonchev–Trinajstić information content (AvgIpc) is 2.18. The molecule has 0 amide bonds. The zero-order chi connectivity index (χ0) is 10.6. The highest BCUT2D eigenvalue weighted by molar-refractivity contribution is 6.42. The van der Waals surface area contributed by atoms with E-state index in [-0.39, 0.29) is 11.6 Å². The molecule has 0 bridgehead atoms. The highest BCUT2D eigenvalue weighted by Gasteiger charge is 2.12. The number of azide groups is 1. The first kappa shape index (κ1) is 11.1. The Hall–Kier alpha value is -0.930. The van der Waals surface area contributed by atoms with E-state index < -0.39 is 6.10 Å². The minimum atomic E-state index is -0.919. The van der Waals surface area contributed by atoms with Gasteiger partial charge in [0.05, 0.1) is 22.7 Å². The fourth-order valence-corrected chi connectivity index (χ4v) is 1.42. The maximum absolute atomic E-state index is 9.55. The number of halogens is 2. The molecule has 1 aromatic carbocycles. The number of hydrogen-bond donors (Lipinski definition) is 1. The van der Waals surface area contributed by atoms with Crippen molar-refractivity contribution >= 4 is 23.2 Å². The predicted octanol–water partition coefficient (Wildman–Crippen LogP) is 3.34. The van der Waals surface area contributed by atoms with E-state index in [1.54, 1.807) is 18.2 Å². The second-order valence-corrected chi connectivity index (χ2v) is 3.36. The summed E-state index contributed by atoms with van der Waals surface area (Å²) >= 11 is 11.6. The summed E-state index contributed by atoms with van der Waals surface area (Å²) in [6.45, 7) is -0.0590. The molecule has 0 saturated heterocycles. The molecule has 0 radical (unpaired) electrons. The lowest BCUT2D eigenvalue weighted by Gasteiger charge is -2.10. The van der Waals surface area contributed by atoms with Crippen LogP contribution in [0.4, 0.5) is 0 Å². The molecule has 0 aliphatic heterocycles. The lowest BCUT2D eigenvalue weighted by molar-refractivity contribution is 0.187. The summed E-state index contributed by atoms with van der Waals surface area (Å²) in [6, 6.07) is 4.92. The van der Waals surface area contributed by atoms with E-state index in [1.807, 2.05) is 0 Å². The van der Waals surface area contributed by atoms with Crippen molar-refractivity contribution in [2.24, 2.45) is 5.11 Å². The maximum atomic E-state index is 9.55. The number of nitrogens with zero attached hydrogens (tertiary/aromatic N) is 3. The standard InChI is InChI=1S/C8H7Cl2N3O/c9-6-3-1-2-5(8(6)10)7(14)4-12-13-11/h1-3,7,14H,4H2/t7-/m1/s1. The Morgan fingerprint density at radius 2 is 2.21 bits per heavy atom. The highest BCUT2D eigenvalue weighted by atomic mass is 35.5. The molecular formula is C8H7Cl2N3O. The van der Waals surface area contributed by atoms with E-state index in [4.69, 9.17) is 28.7 Å². The molecule has 1 aromatic rings. The van der Waals surface area contributed by atoms with Crippen LogP contribution in [0.1, 0.15) is 11.7 Å². The second kappa shape index (κ2) is 5.08. The average molecular weight is 232 g/mol. The molecule has 0 heterocycles. The molecule has 0 fully saturated rings. The van der Waals surface area contributed by atoms with Gasteiger partial charge in [0.2, 0.25) is 0 Å². The Kier molecular flexibility index (Phi) is 4.04. The zero-order valence-corrected chi connectivity index (χ0v) is 8.57. The quantitative estimate of drug-likeness (QED) is 0.484. The molecule has 1 rings (SSSR count). The monoisotopic (exact) mass is 231 g/mol. The molecule has 6 heteroatoms. The maximum Gasteiger partial charge on any atom is 0.0861 e. The van der Waals surface area contributed by atoms with Crippen molar-refractivity contribution in [2.45, 2.75) is 6.10 Å². The number of hydrogen-bond acceptors (Lipinski definition) is 2. The summed E-state index contributed by atoms with van der Waals surface area (Å²) < 4.78 is 0. The fraction of sp³-hybridized carbons (Fsp3) is 0.250. The topological polar surface area (TPSA) is 69.0 Å². The van der Waals surface area contributed by atoms with Gasteiger partial charge in [0.15, 0.2) is 0 Å². The van der Waals surface area contributed by atoms with Gasteiger partial charge in [-0.15, -0.1) is 0 Å². The number of benzene rings is 1. The summed E-state index contributed by atoms with van der Waals surface area (Å²) in [5, 5.41) is 13.4. The van der Waals surface area contributed by atoms with Crippen LogP contribution >= 0.6 is 23.2 Å². The van der Waals surface area contributed by atoms with Crippen molar-refractivity contribution in [3.63, 3.8) is 0 Å². The van der Waals surface area contributed by atoms with E-state index in [2.05, 4.69) is 10.0 Å². The van der Waals surface area contributed by atoms with Gasteiger partial charge in [-0.25, -0.2) is 0 Å². The lowest BCUT2D eigenvalue weighted by atomic mass is 10.1. The molecule has 74 valence electrons. The summed E-state index contributed by atoms with van der Waals surface area (Å²) in [7, 11) is 0. The zero-order valence-electron chi connectivity index (χ0n) is 7.06. The largest absolute Gasteiger partial charge is 0.388 e. The van der Waals surface area contributed by atoms with Gasteiger partial charge in [-0.1, -0.05) is 40.4 Å². The Balaban J connectivity index is 2.94. The van der Waals surface area contributed by atoms with E-state index in [0.717, 1.165) is 0 Å². The van der Waals surface area contributed by atoms with Gasteiger partial charge in [0.25, 0.3) is 0 Å². The molecule has 0 aliphatic rings. The molecular weight excluding hydrogens is 225 g/mol. The van der Waals surface area contributed by atoms with Crippen LogP contribution in [0.2, 0.25) is 10.0 Å². The number of aliphatic hydroxyl groups is 1. The first-order valence-corrected chi connectivity index (χ1v) is 4.55. The molecule has 1 atom stereocenters. The molecule has 4 nitrogen and oxygen atoms in total. The van der Waals surface area contributed by atoms with Crippen LogP contribution in [0, 0.1) is 0 Å². The minimum Gasteiger partial charge on any atom is -0.388 e. The van der Waals surface area contributed by atoms with Crippen LogP contribution in [0.5, 0.6) is 0 Å². The molecule has 0 unspecified atom stereocenters. The van der Waals surface area contributed by atoms with Crippen LogP contribution in [-0.4, -0.2) is 11.7 Å². The van der Waals surface area contributed by atoms with Crippen LogP contribution in [0.3, 0.4) is 0 Å². The second-order valence-electron chi connectivity index (χ2n) is 2.57. The lowest BCUT2D eigenvalue weighted by Crippen LogP contribution is -2.01. The Labute approximate surface area is 90.7 Å². The highest BCUT2D eigenvalue weighted by Crippen LogP contribution is 2.29. The smallest absolute Gasteiger partial charge is 0.0861 e. The van der Waals surface area contributed by atoms with Gasteiger partial charge >= 0.3 is 0 Å². The minimum absolute atomic E-state index is 0.0590. The third kappa shape index (κ3) is 2.53. The Morgan fingerprint density at radius 1 is 1.50 bits per heavy atom. The van der Waals surface area contributed by atoms with Gasteiger partial charge in [0.1, 0.15) is 0 Å². The van der Waals surface area contributed by atoms with Gasteiger partial charge in [0, 0.05) is 10.5 Å². The Morgan fingerprint density at radius 3 is 2.86 bits per heavy atom. The summed E-state index contributed by atoms with van der Waals surface area (Å²) in [4.78, 5) is 2.54. The molecule has 0 spiro atoms. The summed E-state index contributed by atoms with van der Waals surface area (Å²) in [5.41, 5.74) is 8.54. The van der Waals surface area contributed by atoms with Gasteiger partial charge in [-0.3, -0.25) is 0 Å². The summed E-state index contributed by atoms with van der Waals surface area (Å²) in [6.07, 6.45) is -0.919. The molecule has 1 N–H and O–H groups in total. The third-order valence-electron chi connectivity index (χ3n) is 1.66. The first-order valence-electron chi connectivity index (χ1n) is 3.79. The van der Waals surface area contributed by atoms with Crippen molar-refractivity contribution < 1.29 is 5.11 Å². The SMILES string of the molecule is [N-]=[N+]=NC[C@@H](O)c1cccc(Cl)c1Cl. The van der Waals surface area contributed by atoms with E-state index in [1.165, 1.54) is 0 Å².